The summed E-state index contributed by atoms with van der Waals surface area (Å²) in [7, 11) is 13.1. The molecule has 0 N–H and O–H groups in total. The van der Waals surface area contributed by atoms with E-state index >= 15 is 0 Å². The van der Waals surface area contributed by atoms with E-state index in [-0.39, 0.29) is 14.9 Å². The fourth-order valence-electron chi connectivity index (χ4n) is 8.38. The van der Waals surface area contributed by atoms with Gasteiger partial charge in [-0.05, 0) is 142 Å². The van der Waals surface area contributed by atoms with E-state index in [1.165, 1.54) is 110 Å². The summed E-state index contributed by atoms with van der Waals surface area (Å²) in [5, 5.41) is 0. The van der Waals surface area contributed by atoms with Crippen LogP contribution in [0.1, 0.15) is 232 Å². The van der Waals surface area contributed by atoms with Gasteiger partial charge in [-0.15, -0.1) is 0 Å². The minimum Gasteiger partial charge on any atom is -0.306 e. The lowest BCUT2D eigenvalue weighted by Gasteiger charge is -2.24. The lowest BCUT2D eigenvalue weighted by atomic mass is 9.97. The molecule has 0 saturated carbocycles. The zero-order valence-corrected chi connectivity index (χ0v) is 56.8. The summed E-state index contributed by atoms with van der Waals surface area (Å²) in [6, 6.07) is 0. The van der Waals surface area contributed by atoms with E-state index in [2.05, 4.69) is 191 Å². The molecular weight excluding hydrogens is 925 g/mol. The zero-order chi connectivity index (χ0) is 58.8. The van der Waals surface area contributed by atoms with Gasteiger partial charge in [-0.1, -0.05) is 251 Å². The molecule has 0 amide bonds. The van der Waals surface area contributed by atoms with Gasteiger partial charge in [0.2, 0.25) is 0 Å². The molecule has 0 aromatic rings. The molecule has 0 bridgehead atoms. The number of nitrogens with zero attached hydrogens (tertiary/aromatic N) is 6. The summed E-state index contributed by atoms with van der Waals surface area (Å²) in [5.74, 6) is 4.48. The van der Waals surface area contributed by atoms with Gasteiger partial charge >= 0.3 is 0 Å². The predicted octanol–water partition coefficient (Wildman–Crippen LogP) is 19.6. The maximum absolute atomic E-state index is 2.42. The van der Waals surface area contributed by atoms with Gasteiger partial charge < -0.3 is 24.5 Å². The van der Waals surface area contributed by atoms with Crippen molar-refractivity contribution in [2.45, 2.75) is 232 Å². The summed E-state index contributed by atoms with van der Waals surface area (Å²) in [4.78, 5) is 14.3. The van der Waals surface area contributed by atoms with Crippen molar-refractivity contribution in [2.75, 3.05) is 121 Å². The van der Waals surface area contributed by atoms with Gasteiger partial charge in [0.1, 0.15) is 0 Å². The number of hydrogen-bond acceptors (Lipinski definition) is 6. The average molecular weight is 1080 g/mol. The van der Waals surface area contributed by atoms with Gasteiger partial charge in [-0.2, -0.15) is 0 Å². The quantitative estimate of drug-likeness (QED) is 0.245. The molecule has 6 aliphatic heterocycles. The maximum Gasteiger partial charge on any atom is 0.0196 e. The Morgan fingerprint density at radius 2 is 0.526 bits per heavy atom. The van der Waals surface area contributed by atoms with Crippen LogP contribution in [0.25, 0.3) is 0 Å². The van der Waals surface area contributed by atoms with Gasteiger partial charge in [0.25, 0.3) is 0 Å². The third-order valence-corrected chi connectivity index (χ3v) is 13.4. The molecule has 6 rings (SSSR count). The van der Waals surface area contributed by atoms with Crippen LogP contribution in [-0.4, -0.2) is 150 Å². The average Bonchev–Trinajstić information content (AvgIpc) is 3.54. The lowest BCUT2D eigenvalue weighted by molar-refractivity contribution is 0.342. The van der Waals surface area contributed by atoms with Gasteiger partial charge in [-0.3, -0.25) is 4.90 Å². The highest BCUT2D eigenvalue weighted by Crippen LogP contribution is 2.21. The van der Waals surface area contributed by atoms with Crippen molar-refractivity contribution in [3.05, 3.63) is 69.9 Å². The standard InChI is InChI=1S/3C10H19N.2C9H17N.C8H15N.6C2H6.2CH4/c2*1-9(2)10-5-4-7-11(3)8-6-10;1-9(2)10-6-4-5-7-11(3)8-10;1-8(2)9-4-6-10(3)7-5-9;1-8(2)9-5-4-6-10(3)7-9;1-7(2)8-4-5-9(3)6-8;6*1-2;;/h6,9H,4-5,7-8H2,1-3H3;5,9H,4,6-8H2,1-3H3;6,9H,4-5,7-8H2,1-3H3;4,8H,5-7H2,1-3H3;5,8H,4,6-7H2,1-3H3;4,7H,5-6H2,1-3H3;6*1-2H3;2*1H4. The summed E-state index contributed by atoms with van der Waals surface area (Å²) in [6.45, 7) is 65.8. The number of hydrogen-bond donors (Lipinski definition) is 0. The third-order valence-electron chi connectivity index (χ3n) is 13.4. The first-order valence-electron chi connectivity index (χ1n) is 31.4. The van der Waals surface area contributed by atoms with Crippen LogP contribution < -0.4 is 0 Å². The number of allylic oxidation sites excluding steroid dienone is 2. The Bertz CT molecular complexity index is 1380. The fraction of sp³-hybridized carbons (Fsp3) is 0.829. The molecule has 0 spiro atoms. The molecular formula is C70H150N6. The molecule has 6 heteroatoms. The Labute approximate surface area is 485 Å². The first kappa shape index (κ1) is 90.7. The number of rotatable bonds is 6. The molecule has 0 aromatic heterocycles. The van der Waals surface area contributed by atoms with Crippen LogP contribution in [0.2, 0.25) is 0 Å². The van der Waals surface area contributed by atoms with Crippen molar-refractivity contribution >= 4 is 0 Å². The van der Waals surface area contributed by atoms with Crippen LogP contribution in [0, 0.1) is 35.5 Å². The third kappa shape index (κ3) is 51.6. The minimum atomic E-state index is 0. The SMILES string of the molecule is C.C.CC.CC.CC.CC.CC.CC.CC(C)C1=CCCCN(C)C1.CC(C)C1=CCCN(C)C1.CC(C)C1=CCCN(C)CC1.CC(C)C1=CCN(C)C1.CC(C)C1=CCN(C)CC1.CC(C)C1=CCN(C)CCC1. The van der Waals surface area contributed by atoms with Crippen molar-refractivity contribution < 1.29 is 0 Å². The van der Waals surface area contributed by atoms with E-state index in [4.69, 9.17) is 0 Å². The Balaban J connectivity index is -0.000000116. The van der Waals surface area contributed by atoms with Crippen molar-refractivity contribution in [3.63, 3.8) is 0 Å². The van der Waals surface area contributed by atoms with E-state index < -0.39 is 0 Å². The second kappa shape index (κ2) is 62.4. The van der Waals surface area contributed by atoms with E-state index in [9.17, 15) is 0 Å². The van der Waals surface area contributed by atoms with Crippen molar-refractivity contribution in [3.8, 4) is 0 Å². The molecule has 460 valence electrons. The Morgan fingerprint density at radius 1 is 0.263 bits per heavy atom. The largest absolute Gasteiger partial charge is 0.306 e. The van der Waals surface area contributed by atoms with Crippen LogP contribution in [0.15, 0.2) is 69.9 Å². The predicted molar refractivity (Wildman–Crippen MR) is 361 cm³/mol. The highest BCUT2D eigenvalue weighted by molar-refractivity contribution is 5.14. The van der Waals surface area contributed by atoms with Crippen molar-refractivity contribution in [1.82, 2.24) is 29.4 Å². The second-order valence-corrected chi connectivity index (χ2v) is 21.4. The van der Waals surface area contributed by atoms with Crippen LogP contribution in [0.5, 0.6) is 0 Å². The summed E-state index contributed by atoms with van der Waals surface area (Å²) >= 11 is 0. The lowest BCUT2D eigenvalue weighted by Crippen LogP contribution is -2.27. The first-order chi connectivity index (χ1) is 35.2. The van der Waals surface area contributed by atoms with Crippen LogP contribution in [0.4, 0.5) is 0 Å². The van der Waals surface area contributed by atoms with Gasteiger partial charge in [0, 0.05) is 65.4 Å². The molecule has 0 radical (unpaired) electrons. The Morgan fingerprint density at radius 3 is 0.895 bits per heavy atom. The molecule has 6 aliphatic rings. The summed E-state index contributed by atoms with van der Waals surface area (Å²) < 4.78 is 0. The zero-order valence-electron chi connectivity index (χ0n) is 56.8. The Hall–Kier alpha value is -1.80. The van der Waals surface area contributed by atoms with Crippen molar-refractivity contribution in [1.29, 1.82) is 0 Å². The van der Waals surface area contributed by atoms with Crippen LogP contribution in [0.3, 0.4) is 0 Å². The normalized spacial score (nSPS) is 18.0. The monoisotopic (exact) mass is 1080 g/mol. The van der Waals surface area contributed by atoms with Crippen molar-refractivity contribution in [2.24, 2.45) is 35.5 Å². The fourth-order valence-corrected chi connectivity index (χ4v) is 8.38. The highest BCUT2D eigenvalue weighted by Gasteiger charge is 2.14. The summed E-state index contributed by atoms with van der Waals surface area (Å²) in [5.41, 5.74) is 9.75. The molecule has 0 fully saturated rings. The molecule has 76 heavy (non-hydrogen) atoms. The van der Waals surface area contributed by atoms with E-state index in [1.54, 1.807) is 33.4 Å². The smallest absolute Gasteiger partial charge is 0.0196 e. The molecule has 0 atom stereocenters. The minimum absolute atomic E-state index is 0. The topological polar surface area (TPSA) is 19.4 Å². The first-order valence-corrected chi connectivity index (χ1v) is 31.4. The molecule has 0 unspecified atom stereocenters. The maximum atomic E-state index is 2.42. The van der Waals surface area contributed by atoms with E-state index in [0.717, 1.165) is 55.1 Å². The molecule has 0 aliphatic carbocycles. The molecule has 6 nitrogen and oxygen atoms in total. The van der Waals surface area contributed by atoms with Crippen LogP contribution in [-0.2, 0) is 0 Å². The Kier molecular flexibility index (Phi) is 74.5. The van der Waals surface area contributed by atoms with Gasteiger partial charge in [-0.25, -0.2) is 0 Å². The van der Waals surface area contributed by atoms with Crippen LogP contribution >= 0.6 is 0 Å². The van der Waals surface area contributed by atoms with E-state index in [1.807, 2.05) is 83.1 Å². The molecule has 0 aromatic carbocycles. The van der Waals surface area contributed by atoms with Gasteiger partial charge in [0.15, 0.2) is 0 Å². The second-order valence-electron chi connectivity index (χ2n) is 21.4. The molecule has 6 heterocycles. The molecule has 0 saturated heterocycles. The highest BCUT2D eigenvalue weighted by atomic mass is 15.1. The number of likely N-dealkylation sites (N-methyl/N-ethyl adjacent to an activating group) is 5. The van der Waals surface area contributed by atoms with E-state index in [0.29, 0.717) is 0 Å². The van der Waals surface area contributed by atoms with Gasteiger partial charge in [0.05, 0.1) is 0 Å². The summed E-state index contributed by atoms with van der Waals surface area (Å²) in [6.07, 6.45) is 24.6.